The summed E-state index contributed by atoms with van der Waals surface area (Å²) >= 11 is 5.31. The fourth-order valence-electron chi connectivity index (χ4n) is 2.47. The number of hydrogen-bond donors (Lipinski definition) is 1. The Morgan fingerprint density at radius 2 is 1.94 bits per heavy atom. The Morgan fingerprint density at radius 1 is 1.26 bits per heavy atom. The van der Waals surface area contributed by atoms with E-state index in [0.29, 0.717) is 11.6 Å². The van der Waals surface area contributed by atoms with Gasteiger partial charge in [0.2, 0.25) is 0 Å². The topological polar surface area (TPSA) is 129 Å². The quantitative estimate of drug-likeness (QED) is 0.569. The molecule has 9 nitrogen and oxygen atoms in total. The average molecular weight is 472 g/mol. The second-order valence-electron chi connectivity index (χ2n) is 6.20. The summed E-state index contributed by atoms with van der Waals surface area (Å²) in [6, 6.07) is 2.71. The van der Waals surface area contributed by atoms with Crippen LogP contribution in [0.15, 0.2) is 52.0 Å². The largest absolute Gasteiger partial charge is 0.416 e. The van der Waals surface area contributed by atoms with Crippen LogP contribution in [-0.2, 0) is 20.7 Å². The average Bonchev–Trinajstić information content (AvgIpc) is 3.20. The molecule has 0 saturated heterocycles. The molecule has 2 heterocycles. The summed E-state index contributed by atoms with van der Waals surface area (Å²) in [5.74, 6) is -0.927. The fraction of sp³-hybridized carbons (Fsp3) is 0.118. The SMILES string of the molecule is CS(=O)(=NCl)c1cc(-c2ncn(/C=C(/C(N)=O)c3cncnc3)n2)cc(C(F)(F)F)c1. The lowest BCUT2D eigenvalue weighted by Gasteiger charge is -2.11. The fourth-order valence-corrected chi connectivity index (χ4v) is 3.48. The summed E-state index contributed by atoms with van der Waals surface area (Å²) in [7, 11) is -3.28. The molecule has 1 unspecified atom stereocenters. The molecule has 0 fully saturated rings. The van der Waals surface area contributed by atoms with Crippen LogP contribution in [0.25, 0.3) is 23.2 Å². The Hall–Kier alpha value is -3.32. The van der Waals surface area contributed by atoms with Gasteiger partial charge in [0.15, 0.2) is 5.82 Å². The Kier molecular flexibility index (Phi) is 6.08. The number of nitrogens with two attached hydrogens (primary N) is 1. The number of alkyl halides is 3. The Bertz CT molecular complexity index is 1280. The number of rotatable bonds is 5. The van der Waals surface area contributed by atoms with Crippen LogP contribution in [0.1, 0.15) is 11.1 Å². The first-order valence-electron chi connectivity index (χ1n) is 8.24. The molecule has 162 valence electrons. The monoisotopic (exact) mass is 471 g/mol. The van der Waals surface area contributed by atoms with E-state index in [1.165, 1.54) is 31.0 Å². The third-order valence-electron chi connectivity index (χ3n) is 3.97. The zero-order valence-electron chi connectivity index (χ0n) is 15.6. The van der Waals surface area contributed by atoms with Crippen LogP contribution in [-0.4, -0.2) is 41.1 Å². The predicted molar refractivity (Wildman–Crippen MR) is 106 cm³/mol. The van der Waals surface area contributed by atoms with E-state index in [1.807, 2.05) is 0 Å². The molecule has 0 spiro atoms. The third kappa shape index (κ3) is 5.06. The summed E-state index contributed by atoms with van der Waals surface area (Å²) in [6.45, 7) is 0. The molecule has 1 amide bonds. The lowest BCUT2D eigenvalue weighted by Crippen LogP contribution is -2.14. The van der Waals surface area contributed by atoms with Gasteiger partial charge in [-0.1, -0.05) is 0 Å². The van der Waals surface area contributed by atoms with Crippen molar-refractivity contribution < 1.29 is 22.2 Å². The van der Waals surface area contributed by atoms with Crippen molar-refractivity contribution in [2.75, 3.05) is 6.26 Å². The summed E-state index contributed by atoms with van der Waals surface area (Å²) in [4.78, 5) is 23.1. The molecule has 0 aliphatic heterocycles. The minimum atomic E-state index is -4.72. The molecule has 14 heteroatoms. The maximum absolute atomic E-state index is 13.3. The van der Waals surface area contributed by atoms with Gasteiger partial charge in [-0.2, -0.15) is 13.2 Å². The summed E-state index contributed by atoms with van der Waals surface area (Å²) in [5, 5.41) is 4.06. The molecule has 0 bridgehead atoms. The number of hydrogen-bond acceptors (Lipinski definition) is 7. The van der Waals surface area contributed by atoms with Crippen molar-refractivity contribution in [3.63, 3.8) is 0 Å². The number of nitrogens with zero attached hydrogens (tertiary/aromatic N) is 6. The Morgan fingerprint density at radius 3 is 2.52 bits per heavy atom. The minimum Gasteiger partial charge on any atom is -0.366 e. The molecule has 2 N–H and O–H groups in total. The molecule has 1 atom stereocenters. The molecule has 1 aromatic carbocycles. The zero-order chi connectivity index (χ0) is 22.8. The highest BCUT2D eigenvalue weighted by Crippen LogP contribution is 2.34. The number of carbonyl (C=O) groups excluding carboxylic acids is 1. The minimum absolute atomic E-state index is 0.000649. The molecule has 3 rings (SSSR count). The van der Waals surface area contributed by atoms with E-state index in [2.05, 4.69) is 23.9 Å². The van der Waals surface area contributed by atoms with E-state index in [-0.39, 0.29) is 21.9 Å². The van der Waals surface area contributed by atoms with Crippen molar-refractivity contribution in [2.24, 2.45) is 9.62 Å². The molecule has 2 aromatic heterocycles. The summed E-state index contributed by atoms with van der Waals surface area (Å²) in [6.07, 6.45) is 2.75. The van der Waals surface area contributed by atoms with Gasteiger partial charge in [0.1, 0.15) is 12.7 Å². The van der Waals surface area contributed by atoms with Crippen LogP contribution in [0.4, 0.5) is 13.2 Å². The highest BCUT2D eigenvalue weighted by molar-refractivity contribution is 7.93. The van der Waals surface area contributed by atoms with Gasteiger partial charge in [0.05, 0.1) is 20.9 Å². The third-order valence-corrected chi connectivity index (χ3v) is 6.13. The number of carbonyl (C=O) groups is 1. The van der Waals surface area contributed by atoms with Crippen molar-refractivity contribution >= 4 is 39.2 Å². The van der Waals surface area contributed by atoms with Crippen LogP contribution < -0.4 is 5.73 Å². The summed E-state index contributed by atoms with van der Waals surface area (Å²) in [5.41, 5.74) is 4.55. The van der Waals surface area contributed by atoms with Gasteiger partial charge in [-0.3, -0.25) is 4.79 Å². The van der Waals surface area contributed by atoms with Gasteiger partial charge >= 0.3 is 6.18 Å². The normalized spacial score (nSPS) is 14.2. The first-order chi connectivity index (χ1) is 14.5. The molecule has 3 aromatic rings. The van der Waals surface area contributed by atoms with Crippen molar-refractivity contribution in [3.8, 4) is 11.4 Å². The van der Waals surface area contributed by atoms with Crippen molar-refractivity contribution in [1.29, 1.82) is 0 Å². The molecular formula is C17H13ClF3N7O2S. The number of aromatic nitrogens is 5. The highest BCUT2D eigenvalue weighted by atomic mass is 35.5. The maximum Gasteiger partial charge on any atom is 0.416 e. The lowest BCUT2D eigenvalue weighted by molar-refractivity contribution is -0.137. The first kappa shape index (κ1) is 22.4. The van der Waals surface area contributed by atoms with E-state index < -0.39 is 27.4 Å². The maximum atomic E-state index is 13.3. The van der Waals surface area contributed by atoms with Gasteiger partial charge in [-0.15, -0.1) is 8.98 Å². The molecular weight excluding hydrogens is 459 g/mol. The van der Waals surface area contributed by atoms with E-state index in [9.17, 15) is 22.2 Å². The number of halogens is 4. The molecule has 0 saturated carbocycles. The second kappa shape index (κ2) is 8.43. The lowest BCUT2D eigenvalue weighted by atomic mass is 10.1. The number of benzene rings is 1. The molecule has 0 radical (unpaired) electrons. The van der Waals surface area contributed by atoms with E-state index in [0.717, 1.165) is 23.3 Å². The van der Waals surface area contributed by atoms with Gasteiger partial charge in [0.25, 0.3) is 5.91 Å². The zero-order valence-corrected chi connectivity index (χ0v) is 17.2. The van der Waals surface area contributed by atoms with E-state index >= 15 is 0 Å². The number of primary amides is 1. The van der Waals surface area contributed by atoms with Gasteiger partial charge in [-0.25, -0.2) is 23.8 Å². The first-order valence-corrected chi connectivity index (χ1v) is 10.5. The Labute approximate surface area is 179 Å². The summed E-state index contributed by atoms with van der Waals surface area (Å²) < 4.78 is 56.7. The second-order valence-corrected chi connectivity index (χ2v) is 8.83. The van der Waals surface area contributed by atoms with Gasteiger partial charge < -0.3 is 5.73 Å². The van der Waals surface area contributed by atoms with Crippen LogP contribution in [0.3, 0.4) is 0 Å². The van der Waals surface area contributed by atoms with Crippen LogP contribution in [0, 0.1) is 0 Å². The Balaban J connectivity index is 2.11. The molecule has 0 aliphatic carbocycles. The standard InChI is InChI=1S/C17H13ClF3N7O2S/c1-31(30,27-18)13-3-10(2-12(4-13)17(19,20)21)16-25-9-28(26-16)7-14(15(22)29)11-5-23-8-24-6-11/h2-9H,1H3,(H2,22,29)/b14-7+. The van der Waals surface area contributed by atoms with Crippen molar-refractivity contribution in [3.05, 3.63) is 54.4 Å². The molecule has 31 heavy (non-hydrogen) atoms. The van der Waals surface area contributed by atoms with E-state index in [4.69, 9.17) is 17.5 Å². The van der Waals surface area contributed by atoms with Gasteiger partial charge in [-0.05, 0) is 18.2 Å². The molecule has 0 aliphatic rings. The van der Waals surface area contributed by atoms with Gasteiger partial charge in [0, 0.05) is 52.6 Å². The predicted octanol–water partition coefficient (Wildman–Crippen LogP) is 2.85. The van der Waals surface area contributed by atoms with Crippen LogP contribution >= 0.6 is 11.8 Å². The number of amides is 1. The van der Waals surface area contributed by atoms with Crippen molar-refractivity contribution in [1.82, 2.24) is 24.7 Å². The van der Waals surface area contributed by atoms with Crippen molar-refractivity contribution in [2.45, 2.75) is 11.1 Å². The smallest absolute Gasteiger partial charge is 0.366 e. The van der Waals surface area contributed by atoms with E-state index in [1.54, 1.807) is 0 Å². The van der Waals surface area contributed by atoms with Crippen LogP contribution in [0.5, 0.6) is 0 Å². The van der Waals surface area contributed by atoms with Crippen LogP contribution in [0.2, 0.25) is 0 Å². The highest BCUT2D eigenvalue weighted by Gasteiger charge is 2.32.